The summed E-state index contributed by atoms with van der Waals surface area (Å²) in [6, 6.07) is 15.0. The highest BCUT2D eigenvalue weighted by Gasteiger charge is 2.23. The molecule has 2 aromatic carbocycles. The molecule has 1 unspecified atom stereocenters. The number of rotatable bonds is 6. The van der Waals surface area contributed by atoms with Crippen LogP contribution >= 0.6 is 11.3 Å². The van der Waals surface area contributed by atoms with E-state index >= 15 is 0 Å². The lowest BCUT2D eigenvalue weighted by molar-refractivity contribution is 0.0323. The zero-order chi connectivity index (χ0) is 22.1. The van der Waals surface area contributed by atoms with Gasteiger partial charge in [0.15, 0.2) is 6.10 Å². The van der Waals surface area contributed by atoms with Gasteiger partial charge in [0, 0.05) is 10.9 Å². The number of carbonyl (C=O) groups excluding carboxylic acids is 2. The molecule has 0 aliphatic carbocycles. The normalized spacial score (nSPS) is 12.1. The third-order valence-electron chi connectivity index (χ3n) is 5.12. The zero-order valence-electron chi connectivity index (χ0n) is 17.4. The number of ketones is 1. The Morgan fingerprint density at radius 3 is 2.45 bits per heavy atom. The Morgan fingerprint density at radius 2 is 1.81 bits per heavy atom. The number of ether oxygens (including phenoxy) is 1. The fourth-order valence-corrected chi connectivity index (χ4v) is 4.38. The number of fused-ring (bicyclic) bond motifs is 1. The van der Waals surface area contributed by atoms with Gasteiger partial charge in [-0.15, -0.1) is 11.3 Å². The van der Waals surface area contributed by atoms with E-state index in [2.05, 4.69) is 5.10 Å². The van der Waals surface area contributed by atoms with Gasteiger partial charge in [-0.3, -0.25) is 4.79 Å². The quantitative estimate of drug-likeness (QED) is 0.295. The molecule has 0 amide bonds. The molecule has 0 N–H and O–H groups in total. The Labute approximate surface area is 183 Å². The van der Waals surface area contributed by atoms with Crippen LogP contribution in [0.1, 0.15) is 45.1 Å². The smallest absolute Gasteiger partial charge is 0.349 e. The predicted molar refractivity (Wildman–Crippen MR) is 119 cm³/mol. The Balaban J connectivity index is 1.55. The van der Waals surface area contributed by atoms with E-state index in [4.69, 9.17) is 4.74 Å². The van der Waals surface area contributed by atoms with Crippen LogP contribution in [0.5, 0.6) is 0 Å². The first-order chi connectivity index (χ1) is 14.9. The fraction of sp³-hybridized carbons (Fsp3) is 0.208. The van der Waals surface area contributed by atoms with E-state index in [1.54, 1.807) is 41.9 Å². The number of carbonyl (C=O) groups is 2. The average molecular weight is 437 g/mol. The van der Waals surface area contributed by atoms with E-state index in [1.165, 1.54) is 23.5 Å². The van der Waals surface area contributed by atoms with Crippen molar-refractivity contribution in [2.75, 3.05) is 0 Å². The van der Waals surface area contributed by atoms with Gasteiger partial charge in [0.1, 0.15) is 15.5 Å². The molecule has 7 heteroatoms. The summed E-state index contributed by atoms with van der Waals surface area (Å²) in [5.74, 6) is -1.13. The Kier molecular flexibility index (Phi) is 5.69. The molecular weight excluding hydrogens is 415 g/mol. The van der Waals surface area contributed by atoms with Crippen molar-refractivity contribution in [3.05, 3.63) is 82.1 Å². The molecule has 0 saturated heterocycles. The molecule has 1 atom stereocenters. The average Bonchev–Trinajstić information content (AvgIpc) is 3.34. The van der Waals surface area contributed by atoms with E-state index in [9.17, 15) is 14.0 Å². The summed E-state index contributed by atoms with van der Waals surface area (Å²) in [5.41, 5.74) is 3.09. The number of nitrogens with zero attached hydrogens (tertiary/aromatic N) is 2. The fourth-order valence-electron chi connectivity index (χ4n) is 3.32. The molecule has 0 bridgehead atoms. The minimum Gasteiger partial charge on any atom is -0.450 e. The summed E-state index contributed by atoms with van der Waals surface area (Å²) in [6.07, 6.45) is -0.0143. The number of thiophene rings is 1. The zero-order valence-corrected chi connectivity index (χ0v) is 18.2. The van der Waals surface area contributed by atoms with Crippen LogP contribution in [0.2, 0.25) is 0 Å². The third kappa shape index (κ3) is 4.14. The molecule has 0 spiro atoms. The monoisotopic (exact) mass is 436 g/mol. The van der Waals surface area contributed by atoms with Crippen molar-refractivity contribution in [3.63, 3.8) is 0 Å². The van der Waals surface area contributed by atoms with Gasteiger partial charge in [0.25, 0.3) is 0 Å². The van der Waals surface area contributed by atoms with Gasteiger partial charge in [-0.1, -0.05) is 31.2 Å². The largest absolute Gasteiger partial charge is 0.450 e. The topological polar surface area (TPSA) is 61.2 Å². The number of aryl methyl sites for hydroxylation is 2. The molecule has 4 aromatic rings. The maximum absolute atomic E-state index is 13.3. The molecule has 31 heavy (non-hydrogen) atoms. The molecule has 0 saturated carbocycles. The number of halogens is 1. The standard InChI is InChI=1S/C24H21FN2O3S/c1-4-16-5-7-17(8-6-16)22(28)15(3)30-24(29)21-13-20-14(2)26-27(23(20)31-21)19-11-9-18(25)10-12-19/h5-13,15H,4H2,1-3H3. The second kappa shape index (κ2) is 8.43. The van der Waals surface area contributed by atoms with Crippen LogP contribution in [0.15, 0.2) is 54.6 Å². The number of aromatic nitrogens is 2. The molecule has 0 radical (unpaired) electrons. The van der Waals surface area contributed by atoms with Gasteiger partial charge in [-0.05, 0) is 56.2 Å². The van der Waals surface area contributed by atoms with Crippen LogP contribution in [0, 0.1) is 12.7 Å². The molecule has 2 aromatic heterocycles. The van der Waals surface area contributed by atoms with E-state index in [-0.39, 0.29) is 11.6 Å². The highest BCUT2D eigenvalue weighted by Crippen LogP contribution is 2.31. The number of Topliss-reactive ketones (excluding diaryl/α,β-unsaturated/α-hetero) is 1. The van der Waals surface area contributed by atoms with Crippen molar-refractivity contribution in [1.29, 1.82) is 0 Å². The first-order valence-electron chi connectivity index (χ1n) is 9.96. The highest BCUT2D eigenvalue weighted by molar-refractivity contribution is 7.20. The lowest BCUT2D eigenvalue weighted by atomic mass is 10.0. The van der Waals surface area contributed by atoms with Gasteiger partial charge < -0.3 is 4.74 Å². The van der Waals surface area contributed by atoms with E-state index in [0.717, 1.165) is 27.9 Å². The summed E-state index contributed by atoms with van der Waals surface area (Å²) in [4.78, 5) is 26.5. The van der Waals surface area contributed by atoms with Crippen LogP contribution in [-0.4, -0.2) is 27.6 Å². The van der Waals surface area contributed by atoms with Gasteiger partial charge in [-0.25, -0.2) is 13.9 Å². The lowest BCUT2D eigenvalue weighted by Gasteiger charge is -2.12. The van der Waals surface area contributed by atoms with Crippen molar-refractivity contribution in [2.45, 2.75) is 33.3 Å². The van der Waals surface area contributed by atoms with Crippen molar-refractivity contribution < 1.29 is 18.7 Å². The molecule has 2 heterocycles. The highest BCUT2D eigenvalue weighted by atomic mass is 32.1. The maximum atomic E-state index is 13.3. The number of hydrogen-bond acceptors (Lipinski definition) is 5. The van der Waals surface area contributed by atoms with Gasteiger partial charge in [0.2, 0.25) is 5.78 Å². The van der Waals surface area contributed by atoms with Crippen molar-refractivity contribution in [3.8, 4) is 5.69 Å². The summed E-state index contributed by atoms with van der Waals surface area (Å²) in [7, 11) is 0. The Morgan fingerprint density at radius 1 is 1.13 bits per heavy atom. The molecule has 0 fully saturated rings. The van der Waals surface area contributed by atoms with Crippen LogP contribution in [-0.2, 0) is 11.2 Å². The maximum Gasteiger partial charge on any atom is 0.349 e. The third-order valence-corrected chi connectivity index (χ3v) is 6.21. The first-order valence-corrected chi connectivity index (χ1v) is 10.8. The summed E-state index contributed by atoms with van der Waals surface area (Å²) < 4.78 is 20.4. The molecule has 5 nitrogen and oxygen atoms in total. The molecule has 0 aliphatic heterocycles. The minimum absolute atomic E-state index is 0.245. The predicted octanol–water partition coefficient (Wildman–Crippen LogP) is 5.53. The number of esters is 1. The van der Waals surface area contributed by atoms with Crippen LogP contribution in [0.3, 0.4) is 0 Å². The number of hydrogen-bond donors (Lipinski definition) is 0. The second-order valence-electron chi connectivity index (χ2n) is 7.27. The molecule has 158 valence electrons. The molecular formula is C24H21FN2O3S. The van der Waals surface area contributed by atoms with E-state index in [1.807, 2.05) is 26.0 Å². The van der Waals surface area contributed by atoms with Gasteiger partial charge in [0.05, 0.1) is 11.4 Å². The van der Waals surface area contributed by atoms with E-state index in [0.29, 0.717) is 16.1 Å². The van der Waals surface area contributed by atoms with Gasteiger partial charge in [-0.2, -0.15) is 5.10 Å². The molecule has 0 aliphatic rings. The summed E-state index contributed by atoms with van der Waals surface area (Å²) in [5, 5.41) is 5.31. The Hall–Kier alpha value is -3.32. The van der Waals surface area contributed by atoms with E-state index < -0.39 is 12.1 Å². The Bertz CT molecular complexity index is 1260. The van der Waals surface area contributed by atoms with Crippen LogP contribution in [0.25, 0.3) is 15.9 Å². The van der Waals surface area contributed by atoms with Crippen molar-refractivity contribution in [1.82, 2.24) is 9.78 Å². The number of benzene rings is 2. The second-order valence-corrected chi connectivity index (χ2v) is 8.30. The SMILES string of the molecule is CCc1ccc(C(=O)C(C)OC(=O)c2cc3c(C)nn(-c4ccc(F)cc4)c3s2)cc1. The lowest BCUT2D eigenvalue weighted by Crippen LogP contribution is -2.24. The van der Waals surface area contributed by atoms with Crippen LogP contribution < -0.4 is 0 Å². The van der Waals surface area contributed by atoms with Crippen molar-refractivity contribution >= 4 is 33.3 Å². The summed E-state index contributed by atoms with van der Waals surface area (Å²) in [6.45, 7) is 5.46. The van der Waals surface area contributed by atoms with Gasteiger partial charge >= 0.3 is 5.97 Å². The van der Waals surface area contributed by atoms with Crippen molar-refractivity contribution in [2.24, 2.45) is 0 Å². The van der Waals surface area contributed by atoms with Crippen LogP contribution in [0.4, 0.5) is 4.39 Å². The minimum atomic E-state index is -0.903. The molecule has 4 rings (SSSR count). The summed E-state index contributed by atoms with van der Waals surface area (Å²) >= 11 is 1.23. The first kappa shape index (κ1) is 20.9.